The summed E-state index contributed by atoms with van der Waals surface area (Å²) in [6.45, 7) is 0. The lowest BCUT2D eigenvalue weighted by Gasteiger charge is -2.04. The maximum absolute atomic E-state index is 5.63. The summed E-state index contributed by atoms with van der Waals surface area (Å²) in [6, 6.07) is 6.31. The van der Waals surface area contributed by atoms with Gasteiger partial charge in [0, 0.05) is 13.9 Å². The van der Waals surface area contributed by atoms with Crippen LogP contribution in [0.1, 0.15) is 12.0 Å². The molecule has 1 aromatic rings. The lowest BCUT2D eigenvalue weighted by Crippen LogP contribution is -1.89. The van der Waals surface area contributed by atoms with Crippen LogP contribution in [-0.4, -0.2) is 5.88 Å². The van der Waals surface area contributed by atoms with Crippen LogP contribution in [0.2, 0.25) is 0 Å². The molecule has 0 fully saturated rings. The molecule has 0 aromatic heterocycles. The second-order valence-electron chi connectivity index (χ2n) is 2.51. The second kappa shape index (κ2) is 5.45. The van der Waals surface area contributed by atoms with Crippen molar-refractivity contribution in [3.05, 3.63) is 31.8 Å². The highest BCUT2D eigenvalue weighted by atomic mass is 127. The monoisotopic (exact) mass is 358 g/mol. The molecule has 0 spiro atoms. The molecule has 12 heavy (non-hydrogen) atoms. The summed E-state index contributed by atoms with van der Waals surface area (Å²) >= 11 is 11.5. The first kappa shape index (κ1) is 10.8. The van der Waals surface area contributed by atoms with Gasteiger partial charge in [-0.05, 0) is 63.0 Å². The minimum atomic E-state index is 0.734. The van der Waals surface area contributed by atoms with Crippen LogP contribution in [0.25, 0.3) is 0 Å². The van der Waals surface area contributed by atoms with Crippen LogP contribution in [0.3, 0.4) is 0 Å². The van der Waals surface area contributed by atoms with Crippen molar-refractivity contribution in [3.8, 4) is 0 Å². The van der Waals surface area contributed by atoms with E-state index in [1.807, 2.05) is 0 Å². The molecule has 0 nitrogen and oxygen atoms in total. The third-order valence-corrected chi connectivity index (χ3v) is 4.46. The molecule has 0 saturated heterocycles. The zero-order chi connectivity index (χ0) is 8.97. The Morgan fingerprint density at radius 3 is 2.83 bits per heavy atom. The van der Waals surface area contributed by atoms with Crippen LogP contribution < -0.4 is 0 Å². The van der Waals surface area contributed by atoms with Gasteiger partial charge in [-0.2, -0.15) is 0 Å². The van der Waals surface area contributed by atoms with Gasteiger partial charge < -0.3 is 0 Å². The first-order valence-electron chi connectivity index (χ1n) is 3.74. The molecule has 0 unspecified atom stereocenters. The molecule has 1 aromatic carbocycles. The van der Waals surface area contributed by atoms with Gasteiger partial charge in [-0.25, -0.2) is 0 Å². The van der Waals surface area contributed by atoms with Crippen molar-refractivity contribution in [2.24, 2.45) is 0 Å². The molecule has 3 heteroatoms. The van der Waals surface area contributed by atoms with E-state index in [0.717, 1.165) is 18.7 Å². The SMILES string of the molecule is ClCCCc1cccc(I)c1Br. The summed E-state index contributed by atoms with van der Waals surface area (Å²) in [5, 5.41) is 0. The molecule has 0 bridgehead atoms. The average Bonchev–Trinajstić information content (AvgIpc) is 2.08. The fraction of sp³-hybridized carbons (Fsp3) is 0.333. The predicted octanol–water partition coefficient (Wildman–Crippen LogP) is 4.23. The predicted molar refractivity (Wildman–Crippen MR) is 65.9 cm³/mol. The van der Waals surface area contributed by atoms with E-state index in [0.29, 0.717) is 0 Å². The Kier molecular flexibility index (Phi) is 4.90. The number of benzene rings is 1. The average molecular weight is 359 g/mol. The summed E-state index contributed by atoms with van der Waals surface area (Å²) in [7, 11) is 0. The van der Waals surface area contributed by atoms with Crippen LogP contribution in [0.15, 0.2) is 22.7 Å². The van der Waals surface area contributed by atoms with Gasteiger partial charge in [-0.1, -0.05) is 12.1 Å². The van der Waals surface area contributed by atoms with Crippen molar-refractivity contribution in [2.45, 2.75) is 12.8 Å². The summed E-state index contributed by atoms with van der Waals surface area (Å²) in [5.41, 5.74) is 1.35. The zero-order valence-corrected chi connectivity index (χ0v) is 11.0. The second-order valence-corrected chi connectivity index (χ2v) is 4.84. The Hall–Kier alpha value is 0.720. The molecule has 0 atom stereocenters. The minimum absolute atomic E-state index is 0.734. The standard InChI is InChI=1S/C9H9BrClI/c10-9-7(4-2-6-11)3-1-5-8(9)12/h1,3,5H,2,4,6H2. The Bertz CT molecular complexity index is 263. The molecule has 0 radical (unpaired) electrons. The Morgan fingerprint density at radius 1 is 1.42 bits per heavy atom. The number of hydrogen-bond acceptors (Lipinski definition) is 0. The van der Waals surface area contributed by atoms with Crippen molar-refractivity contribution >= 4 is 50.1 Å². The van der Waals surface area contributed by atoms with Gasteiger partial charge in [0.25, 0.3) is 0 Å². The highest BCUT2D eigenvalue weighted by molar-refractivity contribution is 14.1. The number of hydrogen-bond donors (Lipinski definition) is 0. The Labute approximate surface area is 100.0 Å². The van der Waals surface area contributed by atoms with Gasteiger partial charge in [-0.3, -0.25) is 0 Å². The highest BCUT2D eigenvalue weighted by Crippen LogP contribution is 2.24. The molecule has 0 N–H and O–H groups in total. The van der Waals surface area contributed by atoms with Crippen LogP contribution in [0.5, 0.6) is 0 Å². The zero-order valence-electron chi connectivity index (χ0n) is 6.49. The van der Waals surface area contributed by atoms with E-state index in [-0.39, 0.29) is 0 Å². The van der Waals surface area contributed by atoms with Crippen molar-refractivity contribution in [3.63, 3.8) is 0 Å². The van der Waals surface area contributed by atoms with E-state index in [1.165, 1.54) is 13.6 Å². The van der Waals surface area contributed by atoms with E-state index in [4.69, 9.17) is 11.6 Å². The third kappa shape index (κ3) is 2.89. The summed E-state index contributed by atoms with van der Waals surface area (Å²) < 4.78 is 2.48. The van der Waals surface area contributed by atoms with Crippen LogP contribution in [0, 0.1) is 3.57 Å². The fourth-order valence-corrected chi connectivity index (χ4v) is 2.15. The molecule has 0 heterocycles. The van der Waals surface area contributed by atoms with Crippen LogP contribution in [-0.2, 0) is 6.42 Å². The highest BCUT2D eigenvalue weighted by Gasteiger charge is 2.01. The van der Waals surface area contributed by atoms with Crippen molar-refractivity contribution in [1.82, 2.24) is 0 Å². The van der Waals surface area contributed by atoms with E-state index in [1.54, 1.807) is 0 Å². The number of aryl methyl sites for hydroxylation is 1. The van der Waals surface area contributed by atoms with Crippen LogP contribution >= 0.6 is 50.1 Å². The van der Waals surface area contributed by atoms with Gasteiger partial charge in [0.05, 0.1) is 0 Å². The first-order valence-corrected chi connectivity index (χ1v) is 6.15. The quantitative estimate of drug-likeness (QED) is 0.560. The summed E-state index contributed by atoms with van der Waals surface area (Å²) in [4.78, 5) is 0. The largest absolute Gasteiger partial charge is 0.127 e. The van der Waals surface area contributed by atoms with Crippen molar-refractivity contribution in [1.29, 1.82) is 0 Å². The third-order valence-electron chi connectivity index (χ3n) is 1.61. The number of rotatable bonds is 3. The smallest absolute Gasteiger partial charge is 0.0340 e. The molecule has 66 valence electrons. The van der Waals surface area contributed by atoms with Gasteiger partial charge in [0.2, 0.25) is 0 Å². The Balaban J connectivity index is 2.78. The fourth-order valence-electron chi connectivity index (χ4n) is 0.999. The molecular weight excluding hydrogens is 350 g/mol. The van der Waals surface area contributed by atoms with Gasteiger partial charge in [0.15, 0.2) is 0 Å². The maximum Gasteiger partial charge on any atom is 0.0340 e. The lowest BCUT2D eigenvalue weighted by atomic mass is 10.1. The van der Waals surface area contributed by atoms with Gasteiger partial charge >= 0.3 is 0 Å². The normalized spacial score (nSPS) is 10.2. The van der Waals surface area contributed by atoms with Crippen LogP contribution in [0.4, 0.5) is 0 Å². The molecular formula is C9H9BrClI. The van der Waals surface area contributed by atoms with Crippen molar-refractivity contribution < 1.29 is 0 Å². The number of halogens is 3. The summed E-state index contributed by atoms with van der Waals surface area (Å²) in [6.07, 6.45) is 2.10. The van der Waals surface area contributed by atoms with Crippen molar-refractivity contribution in [2.75, 3.05) is 5.88 Å². The number of alkyl halides is 1. The van der Waals surface area contributed by atoms with E-state index < -0.39 is 0 Å². The maximum atomic E-state index is 5.63. The first-order chi connectivity index (χ1) is 5.75. The molecule has 0 saturated carbocycles. The van der Waals surface area contributed by atoms with E-state index in [9.17, 15) is 0 Å². The van der Waals surface area contributed by atoms with E-state index >= 15 is 0 Å². The van der Waals surface area contributed by atoms with Gasteiger partial charge in [0.1, 0.15) is 0 Å². The minimum Gasteiger partial charge on any atom is -0.127 e. The molecule has 0 aliphatic carbocycles. The summed E-state index contributed by atoms with van der Waals surface area (Å²) in [5.74, 6) is 0.734. The molecule has 0 amide bonds. The lowest BCUT2D eigenvalue weighted by molar-refractivity contribution is 0.922. The van der Waals surface area contributed by atoms with E-state index in [2.05, 4.69) is 56.7 Å². The Morgan fingerprint density at radius 2 is 2.17 bits per heavy atom. The molecule has 1 rings (SSSR count). The topological polar surface area (TPSA) is 0 Å². The molecule has 0 aliphatic rings. The molecule has 0 aliphatic heterocycles. The van der Waals surface area contributed by atoms with Gasteiger partial charge in [-0.15, -0.1) is 11.6 Å².